The minimum Gasteiger partial charge on any atom is -0.462 e. The molecule has 0 heterocycles. The predicted molar refractivity (Wildman–Crippen MR) is 297 cm³/mol. The summed E-state index contributed by atoms with van der Waals surface area (Å²) in [4.78, 5) is 38.1. The summed E-state index contributed by atoms with van der Waals surface area (Å²) in [5.74, 6) is -0.976. The third-order valence-electron chi connectivity index (χ3n) is 11.8. The average Bonchev–Trinajstić information content (AvgIpc) is 3.35. The lowest BCUT2D eigenvalue weighted by Gasteiger charge is -2.18. The Morgan fingerprint density at radius 3 is 0.913 bits per heavy atom. The van der Waals surface area contributed by atoms with Crippen molar-refractivity contribution in [3.8, 4) is 0 Å². The van der Waals surface area contributed by atoms with E-state index in [4.69, 9.17) is 14.2 Å². The molecule has 0 aromatic heterocycles. The maximum absolute atomic E-state index is 12.9. The predicted octanol–water partition coefficient (Wildman–Crippen LogP) is 19.1. The van der Waals surface area contributed by atoms with Gasteiger partial charge in [-0.1, -0.05) is 239 Å². The largest absolute Gasteiger partial charge is 0.462 e. The third kappa shape index (κ3) is 54.9. The average molecular weight is 958 g/mol. The Balaban J connectivity index is 4.50. The Morgan fingerprint density at radius 2 is 0.565 bits per heavy atom. The second-order valence-corrected chi connectivity index (χ2v) is 18.4. The van der Waals surface area contributed by atoms with Gasteiger partial charge in [-0.05, 0) is 103 Å². The molecule has 0 bridgehead atoms. The molecule has 0 aromatic rings. The van der Waals surface area contributed by atoms with Gasteiger partial charge in [-0.2, -0.15) is 0 Å². The molecule has 0 aromatic carbocycles. The van der Waals surface area contributed by atoms with E-state index in [0.29, 0.717) is 19.3 Å². The molecular formula is C63H104O6. The monoisotopic (exact) mass is 957 g/mol. The van der Waals surface area contributed by atoms with Crippen LogP contribution in [0.15, 0.2) is 109 Å². The molecule has 6 nitrogen and oxygen atoms in total. The first kappa shape index (κ1) is 65.1. The Bertz CT molecular complexity index is 1420. The van der Waals surface area contributed by atoms with Crippen LogP contribution in [0.1, 0.15) is 252 Å². The van der Waals surface area contributed by atoms with Gasteiger partial charge in [0, 0.05) is 19.3 Å². The van der Waals surface area contributed by atoms with E-state index in [1.165, 1.54) is 89.9 Å². The molecule has 0 aliphatic carbocycles. The zero-order valence-corrected chi connectivity index (χ0v) is 44.8. The molecule has 0 amide bonds. The van der Waals surface area contributed by atoms with Gasteiger partial charge >= 0.3 is 17.9 Å². The second kappa shape index (κ2) is 56.7. The van der Waals surface area contributed by atoms with Gasteiger partial charge in [-0.3, -0.25) is 14.4 Å². The first-order chi connectivity index (χ1) is 34.0. The summed E-state index contributed by atoms with van der Waals surface area (Å²) in [7, 11) is 0. The third-order valence-corrected chi connectivity index (χ3v) is 11.8. The first-order valence-electron chi connectivity index (χ1n) is 28.4. The van der Waals surface area contributed by atoms with Crippen molar-refractivity contribution in [3.05, 3.63) is 109 Å². The molecule has 0 aliphatic heterocycles. The van der Waals surface area contributed by atoms with E-state index in [0.717, 1.165) is 122 Å². The van der Waals surface area contributed by atoms with Crippen LogP contribution in [0.3, 0.4) is 0 Å². The molecule has 392 valence electrons. The molecule has 0 spiro atoms. The first-order valence-corrected chi connectivity index (χ1v) is 28.4. The highest BCUT2D eigenvalue weighted by Gasteiger charge is 2.19. The number of esters is 3. The minimum absolute atomic E-state index is 0.108. The Hall–Kier alpha value is -3.93. The van der Waals surface area contributed by atoms with Crippen LogP contribution >= 0.6 is 0 Å². The maximum atomic E-state index is 12.9. The Labute approximate surface area is 425 Å². The second-order valence-electron chi connectivity index (χ2n) is 18.4. The van der Waals surface area contributed by atoms with Gasteiger partial charge in [0.05, 0.1) is 0 Å². The van der Waals surface area contributed by atoms with E-state index in [-0.39, 0.29) is 31.1 Å². The fraction of sp³-hybridized carbons (Fsp3) is 0.667. The molecule has 0 rings (SSSR count). The number of unbranched alkanes of at least 4 members (excludes halogenated alkanes) is 21. The molecule has 0 fully saturated rings. The van der Waals surface area contributed by atoms with Crippen molar-refractivity contribution in [2.24, 2.45) is 0 Å². The summed E-state index contributed by atoms with van der Waals surface area (Å²) in [6.07, 6.45) is 76.5. The number of carbonyl (C=O) groups is 3. The summed E-state index contributed by atoms with van der Waals surface area (Å²) < 4.78 is 16.8. The number of carbonyl (C=O) groups excluding carboxylic acids is 3. The molecule has 69 heavy (non-hydrogen) atoms. The van der Waals surface area contributed by atoms with Crippen LogP contribution < -0.4 is 0 Å². The zero-order valence-electron chi connectivity index (χ0n) is 44.8. The maximum Gasteiger partial charge on any atom is 0.306 e. The highest BCUT2D eigenvalue weighted by Crippen LogP contribution is 2.15. The highest BCUT2D eigenvalue weighted by molar-refractivity contribution is 5.71. The van der Waals surface area contributed by atoms with Crippen LogP contribution in [0.4, 0.5) is 0 Å². The normalized spacial score (nSPS) is 12.9. The molecule has 1 atom stereocenters. The quantitative estimate of drug-likeness (QED) is 0.0262. The van der Waals surface area contributed by atoms with Crippen molar-refractivity contribution in [1.29, 1.82) is 0 Å². The van der Waals surface area contributed by atoms with Crippen molar-refractivity contribution in [3.63, 3.8) is 0 Å². The van der Waals surface area contributed by atoms with E-state index in [2.05, 4.69) is 130 Å². The lowest BCUT2D eigenvalue weighted by Crippen LogP contribution is -2.30. The van der Waals surface area contributed by atoms with Gasteiger partial charge in [0.2, 0.25) is 0 Å². The van der Waals surface area contributed by atoms with Crippen LogP contribution in [-0.2, 0) is 28.6 Å². The van der Waals surface area contributed by atoms with Gasteiger partial charge in [0.1, 0.15) is 13.2 Å². The topological polar surface area (TPSA) is 78.9 Å². The van der Waals surface area contributed by atoms with Crippen LogP contribution in [-0.4, -0.2) is 37.2 Å². The Morgan fingerprint density at radius 1 is 0.304 bits per heavy atom. The van der Waals surface area contributed by atoms with E-state index in [1.807, 2.05) is 0 Å². The van der Waals surface area contributed by atoms with Crippen LogP contribution in [0.25, 0.3) is 0 Å². The van der Waals surface area contributed by atoms with Crippen molar-refractivity contribution in [2.45, 2.75) is 258 Å². The van der Waals surface area contributed by atoms with Crippen molar-refractivity contribution < 1.29 is 28.6 Å². The standard InChI is InChI=1S/C63H104O6/c1-4-7-10-13-16-19-22-25-28-30-31-33-35-38-41-44-47-50-53-56-62(65)68-59-60(58-67-61(64)55-52-49-46-43-40-37-34-27-24-21-18-15-12-9-6-3)69-63(66)57-54-51-48-45-42-39-36-32-29-26-23-20-17-14-11-8-5-2/h7,9-10,12,16,18-19,21,25,27-28,31,33-34,38,40-41,43,60H,4-6,8,11,13-15,17,20,22-24,26,29-30,32,35-37,39,42,44-59H2,1-3H3/b10-7-,12-9-,19-16-,21-18-,28-25-,33-31-,34-27-,41-38-,43-40-. The zero-order chi connectivity index (χ0) is 50.0. The number of ether oxygens (including phenoxy) is 3. The summed E-state index contributed by atoms with van der Waals surface area (Å²) in [5, 5.41) is 0. The number of hydrogen-bond acceptors (Lipinski definition) is 6. The molecule has 0 radical (unpaired) electrons. The van der Waals surface area contributed by atoms with Crippen LogP contribution in [0.5, 0.6) is 0 Å². The highest BCUT2D eigenvalue weighted by atomic mass is 16.6. The summed E-state index contributed by atoms with van der Waals surface area (Å²) in [5.41, 5.74) is 0. The molecule has 0 N–H and O–H groups in total. The minimum atomic E-state index is -0.809. The molecule has 6 heteroatoms. The molecule has 0 saturated carbocycles. The van der Waals surface area contributed by atoms with Crippen LogP contribution in [0, 0.1) is 0 Å². The van der Waals surface area contributed by atoms with Crippen molar-refractivity contribution >= 4 is 17.9 Å². The fourth-order valence-corrected chi connectivity index (χ4v) is 7.58. The Kier molecular flexibility index (Phi) is 53.4. The van der Waals surface area contributed by atoms with E-state index in [9.17, 15) is 14.4 Å². The summed E-state index contributed by atoms with van der Waals surface area (Å²) >= 11 is 0. The number of allylic oxidation sites excluding steroid dienone is 18. The van der Waals surface area contributed by atoms with Gasteiger partial charge in [0.25, 0.3) is 0 Å². The molecule has 1 unspecified atom stereocenters. The molecule has 0 saturated heterocycles. The van der Waals surface area contributed by atoms with Crippen molar-refractivity contribution in [2.75, 3.05) is 13.2 Å². The van der Waals surface area contributed by atoms with Crippen molar-refractivity contribution in [1.82, 2.24) is 0 Å². The SMILES string of the molecule is CC/C=C\C/C=C\C/C=C\C/C=C\C/C=C\CCCCCC(=O)OCC(COC(=O)CCCC/C=C\C/C=C\C/C=C\C/C=C\CC)OC(=O)CCCCCCCCCCCCCCCCCCC. The summed E-state index contributed by atoms with van der Waals surface area (Å²) in [6.45, 7) is 6.36. The lowest BCUT2D eigenvalue weighted by atomic mass is 10.0. The van der Waals surface area contributed by atoms with E-state index >= 15 is 0 Å². The van der Waals surface area contributed by atoms with E-state index in [1.54, 1.807) is 0 Å². The molecular weight excluding hydrogens is 853 g/mol. The lowest BCUT2D eigenvalue weighted by molar-refractivity contribution is -0.167. The number of hydrogen-bond donors (Lipinski definition) is 0. The molecule has 0 aliphatic rings. The van der Waals surface area contributed by atoms with Crippen LogP contribution in [0.2, 0.25) is 0 Å². The van der Waals surface area contributed by atoms with E-state index < -0.39 is 6.10 Å². The van der Waals surface area contributed by atoms with Gasteiger partial charge in [0.15, 0.2) is 6.10 Å². The number of rotatable bonds is 50. The fourth-order valence-electron chi connectivity index (χ4n) is 7.58. The van der Waals surface area contributed by atoms with Gasteiger partial charge in [-0.25, -0.2) is 0 Å². The summed E-state index contributed by atoms with van der Waals surface area (Å²) in [6, 6.07) is 0. The van der Waals surface area contributed by atoms with Gasteiger partial charge in [-0.15, -0.1) is 0 Å². The van der Waals surface area contributed by atoms with Gasteiger partial charge < -0.3 is 14.2 Å². The smallest absolute Gasteiger partial charge is 0.306 e.